The summed E-state index contributed by atoms with van der Waals surface area (Å²) in [6.07, 6.45) is 4.51. The van der Waals surface area contributed by atoms with E-state index < -0.39 is 0 Å². The van der Waals surface area contributed by atoms with E-state index in [0.717, 1.165) is 54.9 Å². The molecular weight excluding hydrogens is 382 g/mol. The maximum Gasteiger partial charge on any atom is 0.327 e. The molecule has 5 rings (SSSR count). The molecule has 2 aromatic heterocycles. The fourth-order valence-electron chi connectivity index (χ4n) is 4.31. The number of carbonyl (C=O) groups is 1. The van der Waals surface area contributed by atoms with Crippen molar-refractivity contribution < 1.29 is 9.53 Å². The van der Waals surface area contributed by atoms with E-state index in [4.69, 9.17) is 4.74 Å². The van der Waals surface area contributed by atoms with Crippen LogP contribution in [0.2, 0.25) is 0 Å². The van der Waals surface area contributed by atoms with E-state index in [9.17, 15) is 4.79 Å². The number of nitrogens with zero attached hydrogens (tertiary/aromatic N) is 5. The lowest BCUT2D eigenvalue weighted by atomic mass is 10.1. The zero-order valence-corrected chi connectivity index (χ0v) is 17.2. The van der Waals surface area contributed by atoms with Crippen LogP contribution in [0.5, 0.6) is 5.75 Å². The lowest BCUT2D eigenvalue weighted by molar-refractivity contribution is 0.257. The first-order chi connectivity index (χ1) is 14.6. The predicted molar refractivity (Wildman–Crippen MR) is 117 cm³/mol. The van der Waals surface area contributed by atoms with E-state index in [0.29, 0.717) is 18.0 Å². The molecule has 0 spiro atoms. The molecule has 2 aliphatic rings. The molecule has 1 fully saturated rings. The van der Waals surface area contributed by atoms with E-state index in [-0.39, 0.29) is 6.03 Å². The summed E-state index contributed by atoms with van der Waals surface area (Å²) < 4.78 is 7.20. The van der Waals surface area contributed by atoms with Gasteiger partial charge in [-0.1, -0.05) is 0 Å². The number of carbonyl (C=O) groups excluding carboxylic acids is 1. The summed E-state index contributed by atoms with van der Waals surface area (Å²) in [7, 11) is 3.47. The molecule has 0 unspecified atom stereocenters. The van der Waals surface area contributed by atoms with Gasteiger partial charge in [0.05, 0.1) is 7.11 Å². The zero-order valence-electron chi connectivity index (χ0n) is 17.2. The number of hydrogen-bond donors (Lipinski definition) is 2. The minimum Gasteiger partial charge on any atom is -0.494 e. The molecule has 0 bridgehead atoms. The van der Waals surface area contributed by atoms with E-state index in [1.807, 2.05) is 19.3 Å². The van der Waals surface area contributed by atoms with Crippen LogP contribution in [0, 0.1) is 0 Å². The highest BCUT2D eigenvalue weighted by Gasteiger charge is 2.30. The first kappa shape index (κ1) is 18.7. The number of hydrogen-bond acceptors (Lipinski definition) is 6. The summed E-state index contributed by atoms with van der Waals surface area (Å²) in [6, 6.07) is 5.58. The number of methoxy groups -OCH3 is 1. The van der Waals surface area contributed by atoms with Crippen molar-refractivity contribution in [3.8, 4) is 5.75 Å². The van der Waals surface area contributed by atoms with Crippen molar-refractivity contribution in [2.75, 3.05) is 55.0 Å². The second-order valence-electron chi connectivity index (χ2n) is 7.62. The van der Waals surface area contributed by atoms with E-state index in [2.05, 4.69) is 31.7 Å². The molecule has 0 saturated carbocycles. The van der Waals surface area contributed by atoms with Crippen LogP contribution in [-0.4, -0.2) is 60.6 Å². The van der Waals surface area contributed by atoms with Gasteiger partial charge in [-0.2, -0.15) is 5.10 Å². The van der Waals surface area contributed by atoms with Gasteiger partial charge < -0.3 is 20.3 Å². The average molecular weight is 407 g/mol. The fraction of sp³-hybridized carbons (Fsp3) is 0.381. The second-order valence-corrected chi connectivity index (χ2v) is 7.62. The number of aromatic nitrogens is 3. The largest absolute Gasteiger partial charge is 0.494 e. The Labute approximate surface area is 174 Å². The van der Waals surface area contributed by atoms with Crippen molar-refractivity contribution in [3.05, 3.63) is 36.2 Å². The van der Waals surface area contributed by atoms with Gasteiger partial charge in [0.2, 0.25) is 0 Å². The van der Waals surface area contributed by atoms with Crippen LogP contribution in [0.25, 0.3) is 10.9 Å². The summed E-state index contributed by atoms with van der Waals surface area (Å²) in [5.41, 5.74) is 3.78. The van der Waals surface area contributed by atoms with Crippen LogP contribution in [0.1, 0.15) is 5.56 Å². The highest BCUT2D eigenvalue weighted by molar-refractivity contribution is 6.04. The van der Waals surface area contributed by atoms with Crippen LogP contribution in [0.4, 0.5) is 22.0 Å². The lowest BCUT2D eigenvalue weighted by Gasteiger charge is -2.31. The Morgan fingerprint density at radius 1 is 1.23 bits per heavy atom. The van der Waals surface area contributed by atoms with Crippen molar-refractivity contribution in [1.29, 1.82) is 0 Å². The Balaban J connectivity index is 1.41. The highest BCUT2D eigenvalue weighted by atomic mass is 16.5. The van der Waals surface area contributed by atoms with Crippen LogP contribution >= 0.6 is 0 Å². The summed E-state index contributed by atoms with van der Waals surface area (Å²) in [6.45, 7) is 4.49. The molecule has 0 aliphatic carbocycles. The van der Waals surface area contributed by atoms with Gasteiger partial charge in [0.25, 0.3) is 0 Å². The number of benzene rings is 1. The minimum atomic E-state index is -0.191. The van der Waals surface area contributed by atoms with Crippen molar-refractivity contribution in [3.63, 3.8) is 0 Å². The molecule has 4 heterocycles. The van der Waals surface area contributed by atoms with Crippen LogP contribution in [0.3, 0.4) is 0 Å². The van der Waals surface area contributed by atoms with Gasteiger partial charge in [0.15, 0.2) is 0 Å². The standard InChI is InChI=1S/C21H25N7O2/c1-26-13-14-11-15(12-18(30-2)19(14)25-26)24-21(29)28-8-4-16-17(3-5-23-20(16)28)27-9-6-22-7-10-27/h3,5,11-13,22H,4,6-10H2,1-2H3,(H,24,29). The number of rotatable bonds is 3. The highest BCUT2D eigenvalue weighted by Crippen LogP contribution is 2.35. The summed E-state index contributed by atoms with van der Waals surface area (Å²) in [5, 5.41) is 11.7. The van der Waals surface area contributed by atoms with Gasteiger partial charge in [-0.15, -0.1) is 0 Å². The van der Waals surface area contributed by atoms with Crippen LogP contribution in [0.15, 0.2) is 30.6 Å². The molecule has 9 nitrogen and oxygen atoms in total. The van der Waals surface area contributed by atoms with Crippen molar-refractivity contribution in [2.45, 2.75) is 6.42 Å². The number of pyridine rings is 1. The summed E-state index contributed by atoms with van der Waals surface area (Å²) in [4.78, 5) is 21.7. The van der Waals surface area contributed by atoms with Gasteiger partial charge >= 0.3 is 6.03 Å². The topological polar surface area (TPSA) is 87.5 Å². The van der Waals surface area contributed by atoms with E-state index >= 15 is 0 Å². The number of anilines is 3. The molecule has 2 aliphatic heterocycles. The molecular formula is C21H25N7O2. The maximum atomic E-state index is 13.1. The molecule has 2 N–H and O–H groups in total. The summed E-state index contributed by atoms with van der Waals surface area (Å²) >= 11 is 0. The Kier molecular flexibility index (Phi) is 4.66. The van der Waals surface area contributed by atoms with Gasteiger partial charge in [0.1, 0.15) is 17.1 Å². The van der Waals surface area contributed by atoms with Crippen LogP contribution < -0.4 is 25.2 Å². The summed E-state index contributed by atoms with van der Waals surface area (Å²) in [5.74, 6) is 1.38. The molecule has 2 amide bonds. The molecule has 1 aromatic carbocycles. The fourth-order valence-corrected chi connectivity index (χ4v) is 4.31. The third-order valence-electron chi connectivity index (χ3n) is 5.71. The van der Waals surface area contributed by atoms with Crippen molar-refractivity contribution >= 4 is 34.1 Å². The van der Waals surface area contributed by atoms with Gasteiger partial charge in [-0.3, -0.25) is 9.58 Å². The molecule has 30 heavy (non-hydrogen) atoms. The quantitative estimate of drug-likeness (QED) is 0.690. The lowest BCUT2D eigenvalue weighted by Crippen LogP contribution is -2.43. The van der Waals surface area contributed by atoms with Crippen molar-refractivity contribution in [2.24, 2.45) is 7.05 Å². The Morgan fingerprint density at radius 3 is 2.87 bits per heavy atom. The molecule has 1 saturated heterocycles. The number of amides is 2. The number of nitrogens with one attached hydrogen (secondary N) is 2. The molecule has 0 radical (unpaired) electrons. The zero-order chi connectivity index (χ0) is 20.7. The Bertz CT molecular complexity index is 1100. The molecule has 3 aromatic rings. The van der Waals surface area contributed by atoms with E-state index in [1.165, 1.54) is 5.69 Å². The Hall–Kier alpha value is -3.33. The first-order valence-corrected chi connectivity index (χ1v) is 10.2. The van der Waals surface area contributed by atoms with Crippen molar-refractivity contribution in [1.82, 2.24) is 20.1 Å². The van der Waals surface area contributed by atoms with Crippen LogP contribution in [-0.2, 0) is 13.5 Å². The first-order valence-electron chi connectivity index (χ1n) is 10.2. The third-order valence-corrected chi connectivity index (χ3v) is 5.71. The number of piperazine rings is 1. The number of fused-ring (bicyclic) bond motifs is 2. The van der Waals surface area contributed by atoms with Gasteiger partial charge in [0, 0.05) is 80.6 Å². The SMILES string of the molecule is COc1cc(NC(=O)N2CCc3c(N4CCNCC4)ccnc32)cc2cn(C)nc12. The normalized spacial score (nSPS) is 16.1. The predicted octanol–water partition coefficient (Wildman–Crippen LogP) is 1.98. The van der Waals surface area contributed by atoms with E-state index in [1.54, 1.807) is 29.0 Å². The number of aryl methyl sites for hydroxylation is 1. The minimum absolute atomic E-state index is 0.191. The van der Waals surface area contributed by atoms with Gasteiger partial charge in [-0.25, -0.2) is 9.78 Å². The third kappa shape index (κ3) is 3.21. The maximum absolute atomic E-state index is 13.1. The Morgan fingerprint density at radius 2 is 2.07 bits per heavy atom. The number of urea groups is 1. The van der Waals surface area contributed by atoms with Gasteiger partial charge in [-0.05, 0) is 18.6 Å². The second kappa shape index (κ2) is 7.49. The molecule has 0 atom stereocenters. The smallest absolute Gasteiger partial charge is 0.327 e. The monoisotopic (exact) mass is 407 g/mol. The number of ether oxygens (including phenoxy) is 1. The molecule has 9 heteroatoms. The average Bonchev–Trinajstić information content (AvgIpc) is 3.36. The molecule has 156 valence electrons.